The second-order valence-corrected chi connectivity index (χ2v) is 11.9. The number of methoxy groups -OCH3 is 1. The third-order valence-electron chi connectivity index (χ3n) is 8.64. The van der Waals surface area contributed by atoms with Gasteiger partial charge < -0.3 is 4.74 Å². The van der Waals surface area contributed by atoms with Crippen molar-refractivity contribution in [1.82, 2.24) is 0 Å². The van der Waals surface area contributed by atoms with Crippen molar-refractivity contribution in [2.24, 2.45) is 28.1 Å². The molecule has 2 nitrogen and oxygen atoms in total. The molecule has 1 aromatic rings. The van der Waals surface area contributed by atoms with E-state index in [1.165, 1.54) is 51.2 Å². The molecule has 2 aliphatic carbocycles. The molecule has 3 atom stereocenters. The lowest BCUT2D eigenvalue weighted by molar-refractivity contribution is 0.0600. The first kappa shape index (κ1) is 24.8. The smallest absolute Gasteiger partial charge is 0.337 e. The maximum atomic E-state index is 11.8. The SMILES string of the molecule is CCC(C)CCC1(/C(C)=C/c2ccc(C(=O)OC)cc2)C=C2C(CCC2(C)C)C(C)(C)C1. The Morgan fingerprint density at radius 3 is 2.44 bits per heavy atom. The zero-order valence-electron chi connectivity index (χ0n) is 21.7. The van der Waals surface area contributed by atoms with Crippen molar-refractivity contribution < 1.29 is 9.53 Å². The topological polar surface area (TPSA) is 26.3 Å². The van der Waals surface area contributed by atoms with Gasteiger partial charge in [0.2, 0.25) is 0 Å². The molecule has 1 aromatic carbocycles. The fourth-order valence-corrected chi connectivity index (χ4v) is 6.22. The van der Waals surface area contributed by atoms with Gasteiger partial charge in [0, 0.05) is 5.41 Å². The summed E-state index contributed by atoms with van der Waals surface area (Å²) < 4.78 is 4.85. The number of allylic oxidation sites excluding steroid dienone is 3. The van der Waals surface area contributed by atoms with Gasteiger partial charge in [-0.25, -0.2) is 4.79 Å². The molecule has 1 fully saturated rings. The Labute approximate surface area is 196 Å². The van der Waals surface area contributed by atoms with E-state index in [0.717, 1.165) is 11.5 Å². The van der Waals surface area contributed by atoms with Gasteiger partial charge in [-0.15, -0.1) is 0 Å². The summed E-state index contributed by atoms with van der Waals surface area (Å²) in [6, 6.07) is 7.83. The molecule has 0 aliphatic heterocycles. The van der Waals surface area contributed by atoms with Crippen LogP contribution in [0.15, 0.2) is 41.5 Å². The molecule has 0 amide bonds. The fourth-order valence-electron chi connectivity index (χ4n) is 6.22. The summed E-state index contributed by atoms with van der Waals surface area (Å²) in [5, 5.41) is 0. The van der Waals surface area contributed by atoms with Crippen LogP contribution in [0.25, 0.3) is 6.08 Å². The van der Waals surface area contributed by atoms with Gasteiger partial charge in [-0.1, -0.05) is 83.4 Å². The minimum atomic E-state index is -0.282. The molecule has 0 radical (unpaired) electrons. The Morgan fingerprint density at radius 2 is 1.84 bits per heavy atom. The Balaban J connectivity index is 2.04. The van der Waals surface area contributed by atoms with Crippen molar-refractivity contribution >= 4 is 12.0 Å². The molecule has 0 spiro atoms. The molecule has 1 saturated carbocycles. The Kier molecular flexibility index (Phi) is 7.13. The van der Waals surface area contributed by atoms with E-state index < -0.39 is 0 Å². The van der Waals surface area contributed by atoms with E-state index in [9.17, 15) is 4.79 Å². The van der Waals surface area contributed by atoms with E-state index in [0.29, 0.717) is 22.3 Å². The molecule has 2 heteroatoms. The van der Waals surface area contributed by atoms with Gasteiger partial charge in [-0.05, 0) is 79.4 Å². The van der Waals surface area contributed by atoms with Gasteiger partial charge in [-0.3, -0.25) is 0 Å². The van der Waals surface area contributed by atoms with E-state index in [1.807, 2.05) is 24.3 Å². The highest BCUT2D eigenvalue weighted by molar-refractivity contribution is 5.89. The number of ether oxygens (including phenoxy) is 1. The van der Waals surface area contributed by atoms with E-state index in [-0.39, 0.29) is 11.4 Å². The highest BCUT2D eigenvalue weighted by atomic mass is 16.5. The zero-order valence-corrected chi connectivity index (χ0v) is 21.7. The summed E-state index contributed by atoms with van der Waals surface area (Å²) in [4.78, 5) is 11.8. The van der Waals surface area contributed by atoms with Crippen molar-refractivity contribution in [1.29, 1.82) is 0 Å². The molecule has 32 heavy (non-hydrogen) atoms. The summed E-state index contributed by atoms with van der Waals surface area (Å²) in [6.45, 7) is 16.9. The second-order valence-electron chi connectivity index (χ2n) is 11.9. The number of fused-ring (bicyclic) bond motifs is 1. The van der Waals surface area contributed by atoms with Crippen LogP contribution in [-0.2, 0) is 4.74 Å². The highest BCUT2D eigenvalue weighted by Crippen LogP contribution is 2.62. The molecule has 0 N–H and O–H groups in total. The first-order chi connectivity index (χ1) is 14.9. The molecule has 3 unspecified atom stereocenters. The van der Waals surface area contributed by atoms with Gasteiger partial charge in [0.05, 0.1) is 12.7 Å². The van der Waals surface area contributed by atoms with Crippen molar-refractivity contribution in [2.45, 2.75) is 87.0 Å². The maximum absolute atomic E-state index is 11.8. The van der Waals surface area contributed by atoms with Crippen LogP contribution < -0.4 is 0 Å². The largest absolute Gasteiger partial charge is 0.465 e. The predicted octanol–water partition coefficient (Wildman–Crippen LogP) is 8.48. The van der Waals surface area contributed by atoms with Crippen LogP contribution in [-0.4, -0.2) is 13.1 Å². The zero-order chi connectivity index (χ0) is 23.7. The molecule has 176 valence electrons. The minimum Gasteiger partial charge on any atom is -0.465 e. The molecule has 3 rings (SSSR count). The van der Waals surface area contributed by atoms with Crippen molar-refractivity contribution in [2.75, 3.05) is 7.11 Å². The molecular weight excluding hydrogens is 392 g/mol. The van der Waals surface area contributed by atoms with E-state index in [2.05, 4.69) is 60.6 Å². The number of esters is 1. The number of carbonyl (C=O) groups excluding carboxylic acids is 1. The lowest BCUT2D eigenvalue weighted by Crippen LogP contribution is -2.39. The third kappa shape index (κ3) is 4.90. The first-order valence-corrected chi connectivity index (χ1v) is 12.5. The highest BCUT2D eigenvalue weighted by Gasteiger charge is 2.51. The van der Waals surface area contributed by atoms with Gasteiger partial charge in [-0.2, -0.15) is 0 Å². The summed E-state index contributed by atoms with van der Waals surface area (Å²) in [6.07, 6.45) is 12.6. The Morgan fingerprint density at radius 1 is 1.19 bits per heavy atom. The van der Waals surface area contributed by atoms with Crippen LogP contribution in [0.3, 0.4) is 0 Å². The average molecular weight is 437 g/mol. The molecule has 0 heterocycles. The summed E-state index contributed by atoms with van der Waals surface area (Å²) in [5.74, 6) is 1.17. The lowest BCUT2D eigenvalue weighted by atomic mass is 9.55. The molecule has 2 aliphatic rings. The number of carbonyl (C=O) groups is 1. The van der Waals surface area contributed by atoms with E-state index >= 15 is 0 Å². The van der Waals surface area contributed by atoms with Crippen LogP contribution >= 0.6 is 0 Å². The number of hydrogen-bond donors (Lipinski definition) is 0. The van der Waals surface area contributed by atoms with Gasteiger partial charge >= 0.3 is 5.97 Å². The van der Waals surface area contributed by atoms with E-state index in [1.54, 1.807) is 5.57 Å². The van der Waals surface area contributed by atoms with Crippen LogP contribution in [0, 0.1) is 28.1 Å². The standard InChI is InChI=1S/C30H44O2/c1-9-21(2)14-17-30(19-26-25(29(6,7)20-30)15-16-28(26,4)5)22(3)18-23-10-12-24(13-11-23)27(31)32-8/h10-13,18-19,21,25H,9,14-17,20H2,1-8H3/b22-18+. The van der Waals surface area contributed by atoms with Crippen molar-refractivity contribution in [3.63, 3.8) is 0 Å². The molecule has 0 aromatic heterocycles. The van der Waals surface area contributed by atoms with Crippen molar-refractivity contribution in [3.05, 3.63) is 52.6 Å². The molecular formula is C30H44O2. The van der Waals surface area contributed by atoms with Crippen LogP contribution in [0.5, 0.6) is 0 Å². The number of rotatable bonds is 7. The fraction of sp³-hybridized carbons (Fsp3) is 0.633. The summed E-state index contributed by atoms with van der Waals surface area (Å²) >= 11 is 0. The van der Waals surface area contributed by atoms with Gasteiger partial charge in [0.25, 0.3) is 0 Å². The van der Waals surface area contributed by atoms with Crippen LogP contribution in [0.4, 0.5) is 0 Å². The summed E-state index contributed by atoms with van der Waals surface area (Å²) in [5.41, 5.74) is 5.61. The average Bonchev–Trinajstić information content (AvgIpc) is 3.06. The quantitative estimate of drug-likeness (QED) is 0.316. The van der Waals surface area contributed by atoms with Crippen LogP contribution in [0.1, 0.15) is 103 Å². The second kappa shape index (κ2) is 9.20. The van der Waals surface area contributed by atoms with Crippen molar-refractivity contribution in [3.8, 4) is 0 Å². The van der Waals surface area contributed by atoms with Crippen LogP contribution in [0.2, 0.25) is 0 Å². The predicted molar refractivity (Wildman–Crippen MR) is 136 cm³/mol. The van der Waals surface area contributed by atoms with Gasteiger partial charge in [0.1, 0.15) is 0 Å². The number of benzene rings is 1. The third-order valence-corrected chi connectivity index (χ3v) is 8.64. The normalized spacial score (nSPS) is 27.4. The number of hydrogen-bond acceptors (Lipinski definition) is 2. The van der Waals surface area contributed by atoms with Gasteiger partial charge in [0.15, 0.2) is 0 Å². The summed E-state index contributed by atoms with van der Waals surface area (Å²) in [7, 11) is 1.43. The minimum absolute atomic E-state index is 0.0986. The monoisotopic (exact) mass is 436 g/mol. The maximum Gasteiger partial charge on any atom is 0.337 e. The Hall–Kier alpha value is -1.83. The molecule has 0 saturated heterocycles. The Bertz CT molecular complexity index is 884. The molecule has 0 bridgehead atoms. The first-order valence-electron chi connectivity index (χ1n) is 12.5. The lowest BCUT2D eigenvalue weighted by Gasteiger charge is -2.49. The van der Waals surface area contributed by atoms with E-state index in [4.69, 9.17) is 4.74 Å².